The molecule has 1 N–H and O–H groups in total. The lowest BCUT2D eigenvalue weighted by Gasteiger charge is -2.33. The van der Waals surface area contributed by atoms with Gasteiger partial charge in [-0.05, 0) is 63.9 Å². The van der Waals surface area contributed by atoms with E-state index in [0.717, 1.165) is 16.0 Å². The number of thioether (sulfide) groups is 1. The molecule has 0 aliphatic heterocycles. The molecule has 0 aliphatic carbocycles. The van der Waals surface area contributed by atoms with Gasteiger partial charge in [-0.15, -0.1) is 11.8 Å². The summed E-state index contributed by atoms with van der Waals surface area (Å²) in [5.74, 6) is 0.0714. The summed E-state index contributed by atoms with van der Waals surface area (Å²) in [6.45, 7) is 10.2. The first kappa shape index (κ1) is 24.3. The minimum absolute atomic E-state index is 0.0626. The third-order valence-electron chi connectivity index (χ3n) is 4.50. The average molecular weight is 447 g/mol. The van der Waals surface area contributed by atoms with Crippen LogP contribution in [-0.2, 0) is 16.1 Å². The van der Waals surface area contributed by atoms with Crippen LogP contribution in [0.1, 0.15) is 45.2 Å². The quantitative estimate of drug-likeness (QED) is 0.547. The first-order valence-corrected chi connectivity index (χ1v) is 11.5. The van der Waals surface area contributed by atoms with Gasteiger partial charge in [0.15, 0.2) is 0 Å². The molecule has 2 aromatic carbocycles. The third-order valence-corrected chi connectivity index (χ3v) is 5.74. The first-order valence-electron chi connectivity index (χ1n) is 10.1. The third kappa shape index (κ3) is 7.69. The van der Waals surface area contributed by atoms with E-state index in [-0.39, 0.29) is 23.1 Å². The van der Waals surface area contributed by atoms with Gasteiger partial charge in [-0.2, -0.15) is 0 Å². The normalized spacial score (nSPS) is 12.3. The van der Waals surface area contributed by atoms with Crippen LogP contribution in [0.2, 0.25) is 5.02 Å². The van der Waals surface area contributed by atoms with Crippen molar-refractivity contribution in [2.24, 2.45) is 0 Å². The highest BCUT2D eigenvalue weighted by atomic mass is 35.5. The number of hydrogen-bond donors (Lipinski definition) is 1. The van der Waals surface area contributed by atoms with E-state index in [1.54, 1.807) is 4.90 Å². The number of hydrogen-bond acceptors (Lipinski definition) is 3. The summed E-state index contributed by atoms with van der Waals surface area (Å²) in [6.07, 6.45) is 0.547. The predicted molar refractivity (Wildman–Crippen MR) is 126 cm³/mol. The van der Waals surface area contributed by atoms with Crippen LogP contribution in [0.25, 0.3) is 0 Å². The molecule has 1 atom stereocenters. The van der Waals surface area contributed by atoms with Gasteiger partial charge in [0.2, 0.25) is 11.8 Å². The van der Waals surface area contributed by atoms with Crippen molar-refractivity contribution in [1.29, 1.82) is 0 Å². The van der Waals surface area contributed by atoms with Crippen molar-refractivity contribution in [2.45, 2.75) is 64.1 Å². The molecule has 162 valence electrons. The Morgan fingerprint density at radius 3 is 2.37 bits per heavy atom. The van der Waals surface area contributed by atoms with E-state index in [1.807, 2.05) is 77.1 Å². The summed E-state index contributed by atoms with van der Waals surface area (Å²) in [6, 6.07) is 14.9. The number of nitrogens with one attached hydrogen (secondary N) is 1. The summed E-state index contributed by atoms with van der Waals surface area (Å²) in [5.41, 5.74) is 1.78. The average Bonchev–Trinajstić information content (AvgIpc) is 2.66. The maximum absolute atomic E-state index is 13.2. The molecule has 0 aliphatic rings. The zero-order valence-electron chi connectivity index (χ0n) is 18.4. The largest absolute Gasteiger partial charge is 0.350 e. The number of aryl methyl sites for hydroxylation is 1. The van der Waals surface area contributed by atoms with E-state index < -0.39 is 6.04 Å². The highest BCUT2D eigenvalue weighted by molar-refractivity contribution is 8.00. The Kier molecular flexibility index (Phi) is 8.80. The predicted octanol–water partition coefficient (Wildman–Crippen LogP) is 5.46. The minimum Gasteiger partial charge on any atom is -0.350 e. The van der Waals surface area contributed by atoms with Crippen LogP contribution in [0, 0.1) is 6.92 Å². The van der Waals surface area contributed by atoms with Crippen LogP contribution in [0.15, 0.2) is 53.4 Å². The molecule has 4 nitrogen and oxygen atoms in total. The Balaban J connectivity index is 2.22. The van der Waals surface area contributed by atoms with Gasteiger partial charge < -0.3 is 10.2 Å². The number of carbonyl (C=O) groups is 2. The molecule has 0 fully saturated rings. The van der Waals surface area contributed by atoms with Crippen molar-refractivity contribution in [1.82, 2.24) is 10.2 Å². The van der Waals surface area contributed by atoms with Gasteiger partial charge in [-0.3, -0.25) is 9.59 Å². The van der Waals surface area contributed by atoms with E-state index in [9.17, 15) is 9.59 Å². The molecule has 30 heavy (non-hydrogen) atoms. The van der Waals surface area contributed by atoms with Crippen LogP contribution in [0.4, 0.5) is 0 Å². The second-order valence-electron chi connectivity index (χ2n) is 8.42. The SMILES string of the molecule is CC[C@H](C(=O)NC(C)(C)C)N(Cc1cccc(C)c1)C(=O)CSc1ccc(Cl)cc1. The Bertz CT molecular complexity index is 862. The molecule has 2 rings (SSSR count). The van der Waals surface area contributed by atoms with Crippen molar-refractivity contribution in [3.63, 3.8) is 0 Å². The van der Waals surface area contributed by atoms with Crippen LogP contribution >= 0.6 is 23.4 Å². The van der Waals surface area contributed by atoms with Gasteiger partial charge in [-0.25, -0.2) is 0 Å². The van der Waals surface area contributed by atoms with Crippen molar-refractivity contribution < 1.29 is 9.59 Å². The molecule has 0 aromatic heterocycles. The lowest BCUT2D eigenvalue weighted by Crippen LogP contribution is -2.53. The molecule has 0 spiro atoms. The van der Waals surface area contributed by atoms with E-state index >= 15 is 0 Å². The van der Waals surface area contributed by atoms with Crippen LogP contribution in [-0.4, -0.2) is 34.0 Å². The number of carbonyl (C=O) groups excluding carboxylic acids is 2. The molecule has 0 bridgehead atoms. The molecule has 0 saturated heterocycles. The number of amides is 2. The van der Waals surface area contributed by atoms with Gasteiger partial charge in [0, 0.05) is 22.0 Å². The highest BCUT2D eigenvalue weighted by Gasteiger charge is 2.30. The smallest absolute Gasteiger partial charge is 0.243 e. The van der Waals surface area contributed by atoms with Crippen molar-refractivity contribution in [3.8, 4) is 0 Å². The Hall–Kier alpha value is -1.98. The number of nitrogens with zero attached hydrogens (tertiary/aromatic N) is 1. The molecule has 2 amide bonds. The van der Waals surface area contributed by atoms with Crippen LogP contribution < -0.4 is 5.32 Å². The van der Waals surface area contributed by atoms with Gasteiger partial charge in [0.1, 0.15) is 6.04 Å². The fraction of sp³-hybridized carbons (Fsp3) is 0.417. The van der Waals surface area contributed by atoms with E-state index in [2.05, 4.69) is 11.4 Å². The highest BCUT2D eigenvalue weighted by Crippen LogP contribution is 2.22. The molecular weight excluding hydrogens is 416 g/mol. The summed E-state index contributed by atoms with van der Waals surface area (Å²) in [7, 11) is 0. The van der Waals surface area contributed by atoms with Crippen molar-refractivity contribution in [3.05, 3.63) is 64.7 Å². The summed E-state index contributed by atoms with van der Waals surface area (Å²) >= 11 is 7.40. The number of halogens is 1. The molecule has 0 saturated carbocycles. The Labute approximate surface area is 189 Å². The Morgan fingerprint density at radius 2 is 1.80 bits per heavy atom. The summed E-state index contributed by atoms with van der Waals surface area (Å²) in [5, 5.41) is 3.69. The van der Waals surface area contributed by atoms with Gasteiger partial charge in [-0.1, -0.05) is 48.4 Å². The van der Waals surface area contributed by atoms with E-state index in [4.69, 9.17) is 11.6 Å². The van der Waals surface area contributed by atoms with Gasteiger partial charge in [0.25, 0.3) is 0 Å². The topological polar surface area (TPSA) is 49.4 Å². The number of rotatable bonds is 8. The molecule has 0 radical (unpaired) electrons. The van der Waals surface area contributed by atoms with Crippen molar-refractivity contribution in [2.75, 3.05) is 5.75 Å². The first-order chi connectivity index (χ1) is 14.1. The van der Waals surface area contributed by atoms with Gasteiger partial charge in [0.05, 0.1) is 5.75 Å². The second-order valence-corrected chi connectivity index (χ2v) is 9.90. The zero-order chi connectivity index (χ0) is 22.3. The lowest BCUT2D eigenvalue weighted by atomic mass is 10.1. The minimum atomic E-state index is -0.525. The lowest BCUT2D eigenvalue weighted by molar-refractivity contribution is -0.140. The summed E-state index contributed by atoms with van der Waals surface area (Å²) in [4.78, 5) is 28.9. The van der Waals surface area contributed by atoms with Gasteiger partial charge >= 0.3 is 0 Å². The maximum Gasteiger partial charge on any atom is 0.243 e. The van der Waals surface area contributed by atoms with E-state index in [1.165, 1.54) is 11.8 Å². The Morgan fingerprint density at radius 1 is 1.13 bits per heavy atom. The number of benzene rings is 2. The van der Waals surface area contributed by atoms with Crippen LogP contribution in [0.3, 0.4) is 0 Å². The second kappa shape index (κ2) is 10.9. The fourth-order valence-electron chi connectivity index (χ4n) is 3.14. The maximum atomic E-state index is 13.2. The van der Waals surface area contributed by atoms with Crippen molar-refractivity contribution >= 4 is 35.2 Å². The van der Waals surface area contributed by atoms with E-state index in [0.29, 0.717) is 18.0 Å². The molecule has 6 heteroatoms. The molecule has 0 heterocycles. The fourth-order valence-corrected chi connectivity index (χ4v) is 4.05. The zero-order valence-corrected chi connectivity index (χ0v) is 19.9. The standard InChI is InChI=1S/C24H31ClN2O2S/c1-6-21(23(29)26-24(3,4)5)27(15-18-9-7-8-17(2)14-18)22(28)16-30-20-12-10-19(25)11-13-20/h7-14,21H,6,15-16H2,1-5H3,(H,26,29)/t21-/m1/s1. The molecule has 2 aromatic rings. The summed E-state index contributed by atoms with van der Waals surface area (Å²) < 4.78 is 0. The monoisotopic (exact) mass is 446 g/mol. The molecule has 0 unspecified atom stereocenters. The molecular formula is C24H31ClN2O2S. The van der Waals surface area contributed by atoms with Crippen LogP contribution in [0.5, 0.6) is 0 Å².